The van der Waals surface area contributed by atoms with E-state index >= 15 is 0 Å². The topological polar surface area (TPSA) is 63.3 Å². The summed E-state index contributed by atoms with van der Waals surface area (Å²) in [7, 11) is 1.77. The van der Waals surface area contributed by atoms with Crippen LogP contribution in [0.2, 0.25) is 0 Å². The minimum atomic E-state index is -0.158. The van der Waals surface area contributed by atoms with Crippen LogP contribution in [0.25, 0.3) is 0 Å². The molecule has 3 rings (SSSR count). The van der Waals surface area contributed by atoms with Gasteiger partial charge >= 0.3 is 6.03 Å². The highest BCUT2D eigenvalue weighted by molar-refractivity contribution is 5.73. The van der Waals surface area contributed by atoms with Crippen molar-refractivity contribution in [2.75, 3.05) is 59.6 Å². The lowest BCUT2D eigenvalue weighted by Crippen LogP contribution is -2.47. The number of fused-ring (bicyclic) bond motifs is 1. The number of benzene rings is 1. The minimum absolute atomic E-state index is 0.0919. The van der Waals surface area contributed by atoms with Crippen molar-refractivity contribution in [2.45, 2.75) is 6.10 Å². The molecule has 1 aromatic carbocycles. The minimum Gasteiger partial charge on any atom is -0.486 e. The largest absolute Gasteiger partial charge is 0.486 e. The average Bonchev–Trinajstić information content (AvgIpc) is 2.62. The second-order valence-corrected chi connectivity index (χ2v) is 6.06. The molecule has 1 saturated heterocycles. The third-order valence-corrected chi connectivity index (χ3v) is 4.20. The molecule has 0 bridgehead atoms. The molecule has 1 aromatic rings. The van der Waals surface area contributed by atoms with Gasteiger partial charge in [-0.1, -0.05) is 12.1 Å². The Kier molecular flexibility index (Phi) is 5.77. The number of amides is 2. The lowest BCUT2D eigenvalue weighted by atomic mass is 10.2. The summed E-state index contributed by atoms with van der Waals surface area (Å²) >= 11 is 0. The second kappa shape index (κ2) is 8.21. The van der Waals surface area contributed by atoms with E-state index in [2.05, 4.69) is 10.2 Å². The SMILES string of the molecule is CN(CC1COc2ccccc2O1)C(=O)NCCN1CCOCC1. The van der Waals surface area contributed by atoms with Crippen LogP contribution >= 0.6 is 0 Å². The number of nitrogens with zero attached hydrogens (tertiary/aromatic N) is 2. The molecule has 2 amide bonds. The molecule has 1 fully saturated rings. The summed E-state index contributed by atoms with van der Waals surface area (Å²) in [5.41, 5.74) is 0. The van der Waals surface area contributed by atoms with Crippen molar-refractivity contribution in [3.63, 3.8) is 0 Å². The molecule has 0 aliphatic carbocycles. The molecule has 1 unspecified atom stereocenters. The first-order valence-corrected chi connectivity index (χ1v) is 8.40. The maximum Gasteiger partial charge on any atom is 0.317 e. The van der Waals surface area contributed by atoms with Crippen molar-refractivity contribution in [2.24, 2.45) is 0 Å². The van der Waals surface area contributed by atoms with Crippen LogP contribution in [-0.2, 0) is 4.74 Å². The van der Waals surface area contributed by atoms with Gasteiger partial charge < -0.3 is 24.4 Å². The van der Waals surface area contributed by atoms with Crippen molar-refractivity contribution in [1.29, 1.82) is 0 Å². The summed E-state index contributed by atoms with van der Waals surface area (Å²) in [6.07, 6.45) is -0.158. The van der Waals surface area contributed by atoms with E-state index in [0.29, 0.717) is 19.7 Å². The van der Waals surface area contributed by atoms with Gasteiger partial charge in [0.25, 0.3) is 0 Å². The van der Waals surface area contributed by atoms with Crippen LogP contribution in [0.1, 0.15) is 0 Å². The third-order valence-electron chi connectivity index (χ3n) is 4.20. The number of hydrogen-bond acceptors (Lipinski definition) is 5. The fourth-order valence-electron chi connectivity index (χ4n) is 2.82. The maximum atomic E-state index is 12.2. The number of hydrogen-bond donors (Lipinski definition) is 1. The standard InChI is InChI=1S/C17H25N3O4/c1-19(17(21)18-6-7-20-8-10-22-11-9-20)12-14-13-23-15-4-2-3-5-16(15)24-14/h2-5,14H,6-13H2,1H3,(H,18,21). The molecule has 0 saturated carbocycles. The fraction of sp³-hybridized carbons (Fsp3) is 0.588. The molecular weight excluding hydrogens is 310 g/mol. The summed E-state index contributed by atoms with van der Waals surface area (Å²) < 4.78 is 16.9. The van der Waals surface area contributed by atoms with Crippen LogP contribution in [0.5, 0.6) is 11.5 Å². The van der Waals surface area contributed by atoms with Crippen LogP contribution in [0.3, 0.4) is 0 Å². The van der Waals surface area contributed by atoms with E-state index in [1.54, 1.807) is 11.9 Å². The monoisotopic (exact) mass is 335 g/mol. The third kappa shape index (κ3) is 4.52. The van der Waals surface area contributed by atoms with E-state index in [-0.39, 0.29) is 12.1 Å². The Morgan fingerprint density at radius 1 is 1.29 bits per heavy atom. The predicted molar refractivity (Wildman–Crippen MR) is 89.6 cm³/mol. The Labute approximate surface area is 142 Å². The van der Waals surface area contributed by atoms with E-state index in [1.807, 2.05) is 24.3 Å². The highest BCUT2D eigenvalue weighted by atomic mass is 16.6. The zero-order valence-electron chi connectivity index (χ0n) is 14.1. The normalized spacial score (nSPS) is 20.5. The maximum absolute atomic E-state index is 12.2. The van der Waals surface area contributed by atoms with Crippen LogP contribution < -0.4 is 14.8 Å². The first-order chi connectivity index (χ1) is 11.7. The quantitative estimate of drug-likeness (QED) is 0.862. The lowest BCUT2D eigenvalue weighted by molar-refractivity contribution is 0.0384. The van der Waals surface area contributed by atoms with Gasteiger partial charge in [0, 0.05) is 33.2 Å². The molecule has 0 radical (unpaired) electrons. The molecule has 1 atom stereocenters. The van der Waals surface area contributed by atoms with Crippen LogP contribution in [0, 0.1) is 0 Å². The van der Waals surface area contributed by atoms with Crippen molar-refractivity contribution >= 4 is 6.03 Å². The zero-order valence-corrected chi connectivity index (χ0v) is 14.1. The Morgan fingerprint density at radius 2 is 2.04 bits per heavy atom. The zero-order chi connectivity index (χ0) is 16.8. The molecular formula is C17H25N3O4. The van der Waals surface area contributed by atoms with Crippen molar-refractivity contribution in [1.82, 2.24) is 15.1 Å². The Balaban J connectivity index is 1.38. The van der Waals surface area contributed by atoms with Gasteiger partial charge in [-0.05, 0) is 12.1 Å². The predicted octanol–water partition coefficient (Wildman–Crippen LogP) is 0.800. The molecule has 132 valence electrons. The van der Waals surface area contributed by atoms with Gasteiger partial charge in [-0.25, -0.2) is 4.79 Å². The molecule has 7 nitrogen and oxygen atoms in total. The summed E-state index contributed by atoms with van der Waals surface area (Å²) in [4.78, 5) is 16.1. The highest BCUT2D eigenvalue weighted by Crippen LogP contribution is 2.30. The van der Waals surface area contributed by atoms with Gasteiger partial charge in [0.05, 0.1) is 19.8 Å². The molecule has 24 heavy (non-hydrogen) atoms. The molecule has 7 heteroatoms. The van der Waals surface area contributed by atoms with E-state index in [1.165, 1.54) is 0 Å². The lowest BCUT2D eigenvalue weighted by Gasteiger charge is -2.30. The first kappa shape index (κ1) is 16.9. The number of carbonyl (C=O) groups excluding carboxylic acids is 1. The Hall–Kier alpha value is -1.99. The average molecular weight is 335 g/mol. The number of para-hydroxylation sites is 2. The van der Waals surface area contributed by atoms with Crippen LogP contribution in [-0.4, -0.2) is 81.5 Å². The molecule has 2 aliphatic heterocycles. The van der Waals surface area contributed by atoms with E-state index < -0.39 is 0 Å². The van der Waals surface area contributed by atoms with E-state index in [0.717, 1.165) is 44.3 Å². The van der Waals surface area contributed by atoms with E-state index in [4.69, 9.17) is 14.2 Å². The number of ether oxygens (including phenoxy) is 3. The van der Waals surface area contributed by atoms with Crippen molar-refractivity contribution in [3.8, 4) is 11.5 Å². The summed E-state index contributed by atoms with van der Waals surface area (Å²) in [6, 6.07) is 7.49. The number of rotatable bonds is 5. The molecule has 2 aliphatic rings. The van der Waals surface area contributed by atoms with Gasteiger partial charge in [0.15, 0.2) is 17.6 Å². The number of nitrogens with one attached hydrogen (secondary N) is 1. The second-order valence-electron chi connectivity index (χ2n) is 6.06. The van der Waals surface area contributed by atoms with Gasteiger partial charge in [0.2, 0.25) is 0 Å². The fourth-order valence-corrected chi connectivity index (χ4v) is 2.82. The number of urea groups is 1. The number of morpholine rings is 1. The van der Waals surface area contributed by atoms with Crippen molar-refractivity contribution < 1.29 is 19.0 Å². The summed E-state index contributed by atoms with van der Waals surface area (Å²) in [5.74, 6) is 1.49. The van der Waals surface area contributed by atoms with Crippen molar-refractivity contribution in [3.05, 3.63) is 24.3 Å². The van der Waals surface area contributed by atoms with Gasteiger partial charge in [-0.15, -0.1) is 0 Å². The Morgan fingerprint density at radius 3 is 2.83 bits per heavy atom. The number of carbonyl (C=O) groups is 1. The highest BCUT2D eigenvalue weighted by Gasteiger charge is 2.23. The number of likely N-dealkylation sites (N-methyl/N-ethyl adjacent to an activating group) is 1. The van der Waals surface area contributed by atoms with Crippen LogP contribution in [0.15, 0.2) is 24.3 Å². The van der Waals surface area contributed by atoms with Crippen LogP contribution in [0.4, 0.5) is 4.79 Å². The Bertz CT molecular complexity index is 548. The van der Waals surface area contributed by atoms with E-state index in [9.17, 15) is 4.79 Å². The molecule has 0 spiro atoms. The smallest absolute Gasteiger partial charge is 0.317 e. The molecule has 1 N–H and O–H groups in total. The van der Waals surface area contributed by atoms with Gasteiger partial charge in [-0.2, -0.15) is 0 Å². The summed E-state index contributed by atoms with van der Waals surface area (Å²) in [6.45, 7) is 5.81. The first-order valence-electron chi connectivity index (χ1n) is 8.40. The summed E-state index contributed by atoms with van der Waals surface area (Å²) in [5, 5.41) is 2.95. The molecule has 2 heterocycles. The van der Waals surface area contributed by atoms with Gasteiger partial charge in [-0.3, -0.25) is 4.90 Å². The molecule has 0 aromatic heterocycles. The van der Waals surface area contributed by atoms with Gasteiger partial charge in [0.1, 0.15) is 6.61 Å².